The van der Waals surface area contributed by atoms with Crippen molar-refractivity contribution in [1.29, 1.82) is 0 Å². The fourth-order valence-electron chi connectivity index (χ4n) is 5.59. The molecule has 0 saturated heterocycles. The molecule has 2 saturated carbocycles. The first kappa shape index (κ1) is 27.7. The van der Waals surface area contributed by atoms with Crippen molar-refractivity contribution < 1.29 is 19.4 Å². The molecule has 2 heterocycles. The van der Waals surface area contributed by atoms with Crippen molar-refractivity contribution >= 4 is 40.7 Å². The van der Waals surface area contributed by atoms with E-state index in [1.54, 1.807) is 24.3 Å². The summed E-state index contributed by atoms with van der Waals surface area (Å²) in [5.74, 6) is 0.589. The number of nitrogens with zero attached hydrogens (tertiary/aromatic N) is 4. The van der Waals surface area contributed by atoms with E-state index in [0.717, 1.165) is 56.4 Å². The average molecular weight is 550 g/mol. The first-order valence-electron chi connectivity index (χ1n) is 14.2. The number of nitrogens with one attached hydrogen (secondary N) is 3. The van der Waals surface area contributed by atoms with Crippen LogP contribution in [0.1, 0.15) is 88.5 Å². The molecule has 2 aromatic heterocycles. The summed E-state index contributed by atoms with van der Waals surface area (Å²) in [6.45, 7) is 6.33. The van der Waals surface area contributed by atoms with Crippen LogP contribution in [0.5, 0.6) is 0 Å². The molecular weight excluding hydrogens is 510 g/mol. The second kappa shape index (κ2) is 11.7. The number of alkyl carbamates (subject to hydrolysis) is 1. The van der Waals surface area contributed by atoms with Gasteiger partial charge in [-0.2, -0.15) is 9.97 Å². The Hall–Kier alpha value is -3.89. The van der Waals surface area contributed by atoms with Crippen LogP contribution in [-0.4, -0.2) is 54.9 Å². The molecule has 0 aliphatic heterocycles. The SMILES string of the molecule is CC(C)(C)OC(=O)NC1CCC(CNc2nc(Nc3ccc(C(=O)O)cc3)c3ncn(C4CCCC4)c3n2)CC1. The Morgan fingerprint density at radius 1 is 1.02 bits per heavy atom. The molecule has 0 radical (unpaired) electrons. The lowest BCUT2D eigenvalue weighted by molar-refractivity contribution is 0.0487. The summed E-state index contributed by atoms with van der Waals surface area (Å²) in [4.78, 5) is 37.7. The number of anilines is 3. The first-order valence-corrected chi connectivity index (χ1v) is 14.2. The van der Waals surface area contributed by atoms with Crippen LogP contribution in [0.25, 0.3) is 11.2 Å². The Labute approximate surface area is 234 Å². The Bertz CT molecular complexity index is 1330. The molecule has 3 aromatic rings. The number of aromatic carboxylic acids is 1. The number of hydrogen-bond donors (Lipinski definition) is 4. The molecule has 1 amide bonds. The number of hydrogen-bond acceptors (Lipinski definition) is 8. The van der Waals surface area contributed by atoms with Gasteiger partial charge in [-0.25, -0.2) is 14.6 Å². The van der Waals surface area contributed by atoms with Gasteiger partial charge in [0.1, 0.15) is 5.60 Å². The number of rotatable bonds is 8. The molecule has 2 aliphatic rings. The van der Waals surface area contributed by atoms with E-state index >= 15 is 0 Å². The predicted molar refractivity (Wildman–Crippen MR) is 153 cm³/mol. The number of aromatic nitrogens is 4. The van der Waals surface area contributed by atoms with Gasteiger partial charge >= 0.3 is 12.1 Å². The minimum atomic E-state index is -0.965. The summed E-state index contributed by atoms with van der Waals surface area (Å²) in [6, 6.07) is 7.08. The highest BCUT2D eigenvalue weighted by Crippen LogP contribution is 2.34. The highest BCUT2D eigenvalue weighted by atomic mass is 16.6. The molecular formula is C29H39N7O4. The van der Waals surface area contributed by atoms with Crippen LogP contribution in [0.3, 0.4) is 0 Å². The van der Waals surface area contributed by atoms with E-state index < -0.39 is 11.6 Å². The lowest BCUT2D eigenvalue weighted by Gasteiger charge is -2.30. The molecule has 0 bridgehead atoms. The summed E-state index contributed by atoms with van der Waals surface area (Å²) in [7, 11) is 0. The third-order valence-electron chi connectivity index (χ3n) is 7.65. The molecule has 0 unspecified atom stereocenters. The molecule has 11 nitrogen and oxygen atoms in total. The second-order valence-electron chi connectivity index (χ2n) is 11.9. The van der Waals surface area contributed by atoms with Crippen molar-refractivity contribution in [2.75, 3.05) is 17.2 Å². The Balaban J connectivity index is 1.28. The van der Waals surface area contributed by atoms with Crippen molar-refractivity contribution in [3.8, 4) is 0 Å². The number of benzene rings is 1. The fraction of sp³-hybridized carbons (Fsp3) is 0.552. The van der Waals surface area contributed by atoms with Gasteiger partial charge in [-0.3, -0.25) is 0 Å². The van der Waals surface area contributed by atoms with Gasteiger partial charge in [0.15, 0.2) is 17.0 Å². The summed E-state index contributed by atoms with van der Waals surface area (Å²) >= 11 is 0. The number of imidazole rings is 1. The maximum Gasteiger partial charge on any atom is 0.407 e. The summed E-state index contributed by atoms with van der Waals surface area (Å²) in [5.41, 5.74) is 1.92. The maximum atomic E-state index is 12.1. The zero-order chi connectivity index (χ0) is 28.3. The molecule has 4 N–H and O–H groups in total. The van der Waals surface area contributed by atoms with Crippen LogP contribution in [0.15, 0.2) is 30.6 Å². The fourth-order valence-corrected chi connectivity index (χ4v) is 5.59. The van der Waals surface area contributed by atoms with E-state index in [-0.39, 0.29) is 17.7 Å². The second-order valence-corrected chi connectivity index (χ2v) is 11.9. The summed E-state index contributed by atoms with van der Waals surface area (Å²) < 4.78 is 7.57. The van der Waals surface area contributed by atoms with Crippen LogP contribution in [0.2, 0.25) is 0 Å². The Morgan fingerprint density at radius 3 is 2.38 bits per heavy atom. The van der Waals surface area contributed by atoms with Gasteiger partial charge in [0.05, 0.1) is 11.9 Å². The highest BCUT2D eigenvalue weighted by Gasteiger charge is 2.26. The van der Waals surface area contributed by atoms with Crippen molar-refractivity contribution in [2.24, 2.45) is 5.92 Å². The van der Waals surface area contributed by atoms with Crippen LogP contribution in [0.4, 0.5) is 22.2 Å². The largest absolute Gasteiger partial charge is 0.478 e. The monoisotopic (exact) mass is 549 g/mol. The van der Waals surface area contributed by atoms with Crippen molar-refractivity contribution in [3.05, 3.63) is 36.2 Å². The number of carbonyl (C=O) groups is 2. The molecule has 214 valence electrons. The van der Waals surface area contributed by atoms with Crippen molar-refractivity contribution in [2.45, 2.75) is 89.8 Å². The third-order valence-corrected chi connectivity index (χ3v) is 7.65. The molecule has 2 fully saturated rings. The van der Waals surface area contributed by atoms with Gasteiger partial charge in [0, 0.05) is 24.3 Å². The van der Waals surface area contributed by atoms with Crippen molar-refractivity contribution in [3.63, 3.8) is 0 Å². The quantitative estimate of drug-likeness (QED) is 0.271. The molecule has 0 atom stereocenters. The average Bonchev–Trinajstić information content (AvgIpc) is 3.58. The van der Waals surface area contributed by atoms with Crippen LogP contribution < -0.4 is 16.0 Å². The summed E-state index contributed by atoms with van der Waals surface area (Å²) in [5, 5.41) is 19.0. The normalized spacial score (nSPS) is 19.9. The van der Waals surface area contributed by atoms with Gasteiger partial charge in [-0.15, -0.1) is 0 Å². The van der Waals surface area contributed by atoms with E-state index in [4.69, 9.17) is 14.7 Å². The first-order chi connectivity index (χ1) is 19.1. The standard InChI is InChI=1S/C29H39N7O4/c1-29(2,3)40-28(39)33-21-12-8-18(9-13-21)16-30-27-34-24(32-20-14-10-19(11-15-20)26(37)38)23-25(35-27)36(17-31-23)22-6-4-5-7-22/h10-11,14-15,17-18,21-22H,4-9,12-13,16H2,1-3H3,(H,33,39)(H,37,38)(H2,30,32,34,35). The lowest BCUT2D eigenvalue weighted by atomic mass is 9.86. The number of carboxylic acid groups (broad SMARTS) is 1. The predicted octanol–water partition coefficient (Wildman–Crippen LogP) is 5.88. The van der Waals surface area contributed by atoms with E-state index in [1.807, 2.05) is 27.1 Å². The van der Waals surface area contributed by atoms with E-state index in [1.165, 1.54) is 12.8 Å². The molecule has 2 aliphatic carbocycles. The topological polar surface area (TPSA) is 143 Å². The van der Waals surface area contributed by atoms with Gasteiger partial charge in [-0.1, -0.05) is 12.8 Å². The van der Waals surface area contributed by atoms with Gasteiger partial charge in [0.2, 0.25) is 5.95 Å². The van der Waals surface area contributed by atoms with Crippen LogP contribution in [0, 0.1) is 5.92 Å². The smallest absolute Gasteiger partial charge is 0.407 e. The Kier molecular flexibility index (Phi) is 8.09. The lowest BCUT2D eigenvalue weighted by Crippen LogP contribution is -2.41. The number of carbonyl (C=O) groups excluding carboxylic acids is 1. The van der Waals surface area contributed by atoms with Crippen LogP contribution >= 0.6 is 0 Å². The number of amides is 1. The van der Waals surface area contributed by atoms with E-state index in [0.29, 0.717) is 29.2 Å². The molecule has 40 heavy (non-hydrogen) atoms. The third kappa shape index (κ3) is 6.81. The maximum absolute atomic E-state index is 12.1. The number of ether oxygens (including phenoxy) is 1. The molecule has 5 rings (SSSR count). The molecule has 0 spiro atoms. The van der Waals surface area contributed by atoms with Gasteiger partial charge in [-0.05, 0) is 89.5 Å². The Morgan fingerprint density at radius 2 is 1.73 bits per heavy atom. The van der Waals surface area contributed by atoms with Gasteiger partial charge in [0.25, 0.3) is 0 Å². The minimum absolute atomic E-state index is 0.128. The molecule has 1 aromatic carbocycles. The van der Waals surface area contributed by atoms with Crippen molar-refractivity contribution in [1.82, 2.24) is 24.8 Å². The van der Waals surface area contributed by atoms with Gasteiger partial charge < -0.3 is 30.4 Å². The van der Waals surface area contributed by atoms with E-state index in [9.17, 15) is 14.7 Å². The minimum Gasteiger partial charge on any atom is -0.478 e. The zero-order valence-corrected chi connectivity index (χ0v) is 23.4. The summed E-state index contributed by atoms with van der Waals surface area (Å²) in [6.07, 6.45) is 9.89. The van der Waals surface area contributed by atoms with E-state index in [2.05, 4.69) is 25.5 Å². The number of fused-ring (bicyclic) bond motifs is 1. The van der Waals surface area contributed by atoms with Crippen LogP contribution in [-0.2, 0) is 4.74 Å². The zero-order valence-electron chi connectivity index (χ0n) is 23.4. The number of carboxylic acids is 1. The highest BCUT2D eigenvalue weighted by molar-refractivity contribution is 5.89. The molecule has 11 heteroatoms.